The van der Waals surface area contributed by atoms with Gasteiger partial charge in [0, 0.05) is 100 Å². The number of para-hydroxylation sites is 4. The first-order chi connectivity index (χ1) is 63.6. The number of hydrogen-bond donors (Lipinski definition) is 1. The summed E-state index contributed by atoms with van der Waals surface area (Å²) in [6, 6.07) is 74.8. The summed E-state index contributed by atoms with van der Waals surface area (Å²) in [6.07, 6.45) is 6.16. The Labute approximate surface area is 782 Å². The molecule has 132 heavy (non-hydrogen) atoms. The van der Waals surface area contributed by atoms with Crippen LogP contribution in [0.25, 0.3) is 25.1 Å². The molecule has 23 heteroatoms. The van der Waals surface area contributed by atoms with Crippen LogP contribution in [-0.2, 0) is 61.2 Å². The van der Waals surface area contributed by atoms with E-state index in [0.29, 0.717) is 40.9 Å². The first-order valence-corrected chi connectivity index (χ1v) is 47.3. The van der Waals surface area contributed by atoms with Gasteiger partial charge >= 0.3 is 36.7 Å². The van der Waals surface area contributed by atoms with Crippen LogP contribution in [0.4, 0.5) is 35.3 Å². The van der Waals surface area contributed by atoms with Gasteiger partial charge in [-0.15, -0.1) is 6.58 Å². The van der Waals surface area contributed by atoms with E-state index in [0.717, 1.165) is 119 Å². The standard InChI is InChI=1S/C37H41O8S.C24H22NO3S.C24H21O4S.C24H21O3S/c1-10-13-14-32(38)43-33-23(4)17-29(18-24(33)5)46(30-19-25(6)34(26(7)20-30)44-36(39)41-15-11-2)31-21-27(8)35(28(9)22-31)45-37(40)42-16-12-3;1-4-13-27-24(26)28-23-16(2)14-18(15-17(23)3)29-21-11-7-5-9-19(21)25-20-10-6-8-12-22(20)29;1-4-13-26-24(25)28-23-16(2)14-18(15-17(23)3)29-21-11-7-5-9-19(21)27-20-10-6-8-12-22(20)29;1-4-13-26-24(25)27-23-16(2)14-18(15-17(23)3)28-21-11-7-5-9-19(21)20-10-6-8-12-22(20)28/h10-12,17-22H,1-3,13-16H2,4-9H3;4-12,14-15,25H,1,13H2,2-3H3;4-12,14-15H,1,13H2,2-3H3;4-12,14-15H,1,13H2,2-3H3/q4*+1. The normalized spacial score (nSPS) is 11.4. The van der Waals surface area contributed by atoms with E-state index >= 15 is 0 Å². The fourth-order valence-electron chi connectivity index (χ4n) is 15.1. The Morgan fingerprint density at radius 1 is 0.311 bits per heavy atom. The molecule has 0 bridgehead atoms. The lowest BCUT2D eigenvalue weighted by Crippen LogP contribution is -2.16. The Morgan fingerprint density at radius 2 is 0.568 bits per heavy atom. The first kappa shape index (κ1) is 96.8. The van der Waals surface area contributed by atoms with E-state index in [-0.39, 0.29) is 77.7 Å². The second-order valence-electron chi connectivity index (χ2n) is 30.7. The number of nitrogens with one attached hydrogen (secondary N) is 1. The number of esters is 1. The van der Waals surface area contributed by atoms with Gasteiger partial charge in [0.15, 0.2) is 60.1 Å². The van der Waals surface area contributed by atoms with E-state index in [1.165, 1.54) is 70.1 Å². The van der Waals surface area contributed by atoms with Crippen molar-refractivity contribution in [3.63, 3.8) is 0 Å². The van der Waals surface area contributed by atoms with Crippen molar-refractivity contribution < 1.29 is 85.6 Å². The molecular weight excluding hydrogens is 1740 g/mol. The van der Waals surface area contributed by atoms with Gasteiger partial charge in [-0.25, -0.2) is 24.0 Å². The van der Waals surface area contributed by atoms with E-state index in [4.69, 9.17) is 56.8 Å². The smallest absolute Gasteiger partial charge is 0.447 e. The van der Waals surface area contributed by atoms with Crippen molar-refractivity contribution in [3.05, 3.63) is 361 Å². The number of aryl methyl sites for hydroxylation is 12. The molecule has 2 aliphatic rings. The molecule has 15 rings (SSSR count). The van der Waals surface area contributed by atoms with E-state index < -0.39 is 41.7 Å². The Morgan fingerprint density at radius 3 is 0.879 bits per heavy atom. The molecule has 3 heterocycles. The molecule has 0 atom stereocenters. The number of ether oxygens (including phenoxy) is 12. The minimum atomic E-state index is -0.809. The Kier molecular flexibility index (Phi) is 33.3. The third-order valence-electron chi connectivity index (χ3n) is 20.7. The van der Waals surface area contributed by atoms with Gasteiger partial charge in [0.05, 0.1) is 22.3 Å². The highest BCUT2D eigenvalue weighted by Crippen LogP contribution is 2.52. The molecule has 674 valence electrons. The van der Waals surface area contributed by atoms with Crippen LogP contribution in [0.5, 0.6) is 46.0 Å². The largest absolute Gasteiger partial charge is 0.514 e. The summed E-state index contributed by atoms with van der Waals surface area (Å²) in [5, 5.41) is 6.13. The number of carbonyl (C=O) groups is 6. The van der Waals surface area contributed by atoms with Crippen molar-refractivity contribution in [1.29, 1.82) is 0 Å². The maximum atomic E-state index is 12.5. The maximum Gasteiger partial charge on any atom is 0.514 e. The molecule has 12 aromatic carbocycles. The minimum absolute atomic E-state index is 0.0428. The zero-order chi connectivity index (χ0) is 94.4. The Balaban J connectivity index is 0.000000163. The topological polar surface area (TPSA) is 225 Å². The van der Waals surface area contributed by atoms with Gasteiger partial charge in [-0.05, 0) is 229 Å². The maximum absolute atomic E-state index is 12.5. The predicted molar refractivity (Wildman–Crippen MR) is 526 cm³/mol. The van der Waals surface area contributed by atoms with E-state index in [2.05, 4.69) is 178 Å². The fourth-order valence-corrected chi connectivity index (χ4v) is 25.1. The average molecular weight is 1850 g/mol. The Bertz CT molecular complexity index is 5950. The fraction of sp³-hybridized carbons (Fsp3) is 0.174. The van der Waals surface area contributed by atoms with Crippen molar-refractivity contribution in [1.82, 2.24) is 0 Å². The molecule has 1 N–H and O–H groups in total. The summed E-state index contributed by atoms with van der Waals surface area (Å²) >= 11 is 0. The van der Waals surface area contributed by atoms with Crippen LogP contribution in [0.15, 0.2) is 338 Å². The van der Waals surface area contributed by atoms with Crippen LogP contribution in [0.2, 0.25) is 0 Å². The minimum Gasteiger partial charge on any atom is -0.447 e. The first-order valence-electron chi connectivity index (χ1n) is 42.4. The Hall–Kier alpha value is -14.2. The van der Waals surface area contributed by atoms with Crippen molar-refractivity contribution in [2.45, 2.75) is 140 Å². The molecule has 0 unspecified atom stereocenters. The van der Waals surface area contributed by atoms with Crippen molar-refractivity contribution >= 4 is 111 Å². The molecule has 0 amide bonds. The van der Waals surface area contributed by atoms with Crippen LogP contribution >= 0.6 is 10.5 Å². The molecule has 0 saturated carbocycles. The lowest BCUT2D eigenvalue weighted by molar-refractivity contribution is -0.134. The molecule has 2 aliphatic heterocycles. The summed E-state index contributed by atoms with van der Waals surface area (Å²) < 4.78 is 66.8. The number of benzene rings is 12. The summed E-state index contributed by atoms with van der Waals surface area (Å²) in [7, 11) is -1.42. The highest BCUT2D eigenvalue weighted by atomic mass is 32.2. The van der Waals surface area contributed by atoms with Gasteiger partial charge < -0.3 is 62.2 Å². The third kappa shape index (κ3) is 23.3. The molecule has 0 radical (unpaired) electrons. The number of fused-ring (bicyclic) bond motifs is 7. The molecule has 0 spiro atoms. The van der Waals surface area contributed by atoms with E-state index in [1.54, 1.807) is 6.08 Å². The number of rotatable bonds is 25. The quantitative estimate of drug-likeness (QED) is 0.0140. The third-order valence-corrected chi connectivity index (χ3v) is 29.6. The van der Waals surface area contributed by atoms with Gasteiger partial charge in [-0.2, -0.15) is 0 Å². The zero-order valence-corrected chi connectivity index (χ0v) is 79.2. The van der Waals surface area contributed by atoms with Gasteiger partial charge in [0.25, 0.3) is 0 Å². The van der Waals surface area contributed by atoms with Gasteiger partial charge in [0.1, 0.15) is 89.3 Å². The molecular formula is C109H105NO18S4+4. The van der Waals surface area contributed by atoms with Crippen LogP contribution in [0.3, 0.4) is 0 Å². The highest BCUT2D eigenvalue weighted by molar-refractivity contribution is 7.98. The molecule has 0 saturated heterocycles. The second-order valence-corrected chi connectivity index (χ2v) is 38.6. The number of thiophene rings is 1. The number of anilines is 2. The lowest BCUT2D eigenvalue weighted by atomic mass is 10.1. The monoisotopic (exact) mass is 1840 g/mol. The molecule has 0 aliphatic carbocycles. The van der Waals surface area contributed by atoms with E-state index in [9.17, 15) is 28.8 Å². The number of hydrogen-bond acceptors (Lipinski definition) is 19. The van der Waals surface area contributed by atoms with Crippen LogP contribution < -0.4 is 38.5 Å². The lowest BCUT2D eigenvalue weighted by Gasteiger charge is -2.21. The predicted octanol–water partition coefficient (Wildman–Crippen LogP) is 28.3. The zero-order valence-electron chi connectivity index (χ0n) is 75.9. The van der Waals surface area contributed by atoms with Crippen molar-refractivity contribution in [2.24, 2.45) is 0 Å². The van der Waals surface area contributed by atoms with Gasteiger partial charge in [-0.3, -0.25) is 4.79 Å². The molecule has 0 fully saturated rings. The van der Waals surface area contributed by atoms with Crippen LogP contribution in [0, 0.1) is 83.1 Å². The summed E-state index contributed by atoms with van der Waals surface area (Å²) in [4.78, 5) is 83.8. The van der Waals surface area contributed by atoms with Gasteiger partial charge in [0.2, 0.25) is 9.79 Å². The number of allylic oxidation sites excluding steroid dienone is 1. The SMILES string of the molecule is C=CCCC(=O)Oc1c(C)cc([S+](c2cc(C)c(OC(=O)OCC=C)c(C)c2)c2cc(C)c(OC(=O)OCC=C)c(C)c2)cc1C.C=CCOC(=O)Oc1c(C)cc(-[s+]2c3ccccc3c3ccccc32)cc1C.C=CCOC(=O)Oc1c(C)cc([S+]2c3ccccc3Nc3ccccc32)cc1C.C=CCOC(=O)Oc1c(C)cc([S+]2c3ccccc3Oc3ccccc32)cc1C. The molecule has 19 nitrogen and oxygen atoms in total. The summed E-state index contributed by atoms with van der Waals surface area (Å²) in [5.74, 6) is 4.43. The summed E-state index contributed by atoms with van der Waals surface area (Å²) in [5.41, 5.74) is 12.3. The highest BCUT2D eigenvalue weighted by Gasteiger charge is 2.42. The van der Waals surface area contributed by atoms with Crippen LogP contribution in [-0.4, -0.2) is 69.8 Å². The molecule has 1 aromatic heterocycles. The number of carbonyl (C=O) groups excluding carboxylic acids is 6. The molecule has 13 aromatic rings. The van der Waals surface area contributed by atoms with Crippen LogP contribution in [0.1, 0.15) is 79.6 Å². The van der Waals surface area contributed by atoms with Crippen molar-refractivity contribution in [3.8, 4) is 50.9 Å². The average Bonchev–Trinajstić information content (AvgIpc) is 1.70. The van der Waals surface area contributed by atoms with Crippen molar-refractivity contribution in [2.75, 3.05) is 38.4 Å². The van der Waals surface area contributed by atoms with Gasteiger partial charge in [-0.1, -0.05) is 142 Å². The summed E-state index contributed by atoms with van der Waals surface area (Å²) in [6.45, 7) is 44.9. The second kappa shape index (κ2) is 45.3. The van der Waals surface area contributed by atoms with E-state index in [1.807, 2.05) is 168 Å².